The van der Waals surface area contributed by atoms with Gasteiger partial charge in [0.1, 0.15) is 16.9 Å². The highest BCUT2D eigenvalue weighted by Crippen LogP contribution is 2.62. The Morgan fingerprint density at radius 2 is 1.92 bits per heavy atom. The summed E-state index contributed by atoms with van der Waals surface area (Å²) in [6, 6.07) is 3.28. The van der Waals surface area contributed by atoms with Crippen LogP contribution in [-0.4, -0.2) is 56.7 Å². The topological polar surface area (TPSA) is 76.2 Å². The van der Waals surface area contributed by atoms with Crippen LogP contribution in [0.15, 0.2) is 34.0 Å². The summed E-state index contributed by atoms with van der Waals surface area (Å²) in [5, 5.41) is 0. The van der Waals surface area contributed by atoms with Crippen molar-refractivity contribution < 1.29 is 27.1 Å². The molecule has 0 unspecified atom stereocenters. The zero-order chi connectivity index (χ0) is 25.7. The molecule has 2 bridgehead atoms. The summed E-state index contributed by atoms with van der Waals surface area (Å²) in [5.41, 5.74) is 0.742. The van der Waals surface area contributed by atoms with Crippen molar-refractivity contribution in [2.75, 3.05) is 31.4 Å². The number of sulfonamides is 1. The van der Waals surface area contributed by atoms with Gasteiger partial charge in [-0.25, -0.2) is 13.2 Å². The van der Waals surface area contributed by atoms with Gasteiger partial charge in [0.2, 0.25) is 15.9 Å². The van der Waals surface area contributed by atoms with E-state index >= 15 is 0 Å². The molecule has 1 atom stereocenters. The van der Waals surface area contributed by atoms with Gasteiger partial charge in [0.15, 0.2) is 0 Å². The lowest BCUT2D eigenvalue weighted by molar-refractivity contribution is -0.140. The minimum Gasteiger partial charge on any atom is -0.461 e. The number of hydrogen-bond donors (Lipinski definition) is 0. The van der Waals surface area contributed by atoms with Crippen LogP contribution in [0.2, 0.25) is 0 Å². The van der Waals surface area contributed by atoms with Gasteiger partial charge < -0.3 is 14.4 Å². The van der Waals surface area contributed by atoms with E-state index < -0.39 is 21.8 Å². The van der Waals surface area contributed by atoms with Crippen LogP contribution in [0.25, 0.3) is 0 Å². The van der Waals surface area contributed by atoms with Gasteiger partial charge >= 0.3 is 5.97 Å². The number of carbonyl (C=O) groups excluding carboxylic acids is 1. The zero-order valence-electron chi connectivity index (χ0n) is 21.2. The lowest BCUT2D eigenvalue weighted by Crippen LogP contribution is -2.70. The van der Waals surface area contributed by atoms with E-state index in [1.165, 1.54) is 24.2 Å². The summed E-state index contributed by atoms with van der Waals surface area (Å²) >= 11 is 1.40. The maximum atomic E-state index is 14.2. The Bertz CT molecular complexity index is 1150. The van der Waals surface area contributed by atoms with Gasteiger partial charge in [0, 0.05) is 31.2 Å². The first-order valence-electron chi connectivity index (χ1n) is 12.9. The van der Waals surface area contributed by atoms with Crippen LogP contribution in [-0.2, 0) is 19.6 Å². The Morgan fingerprint density at radius 1 is 1.22 bits per heavy atom. The number of anilines is 1. The van der Waals surface area contributed by atoms with Crippen molar-refractivity contribution >= 4 is 33.4 Å². The molecule has 1 heterocycles. The first-order valence-corrected chi connectivity index (χ1v) is 15.5. The number of likely N-dealkylation sites (N-methyl/N-ethyl adjacent to an activating group) is 1. The van der Waals surface area contributed by atoms with Gasteiger partial charge in [-0.15, -0.1) is 11.8 Å². The summed E-state index contributed by atoms with van der Waals surface area (Å²) in [7, 11) is -2.13. The summed E-state index contributed by atoms with van der Waals surface area (Å²) in [5.74, 6) is -1.01. The van der Waals surface area contributed by atoms with Crippen LogP contribution < -0.4 is 9.64 Å². The highest BCUT2D eigenvalue weighted by Gasteiger charge is 2.61. The van der Waals surface area contributed by atoms with Gasteiger partial charge in [-0.05, 0) is 63.2 Å². The molecule has 6 rings (SSSR count). The molecule has 7 nitrogen and oxygen atoms in total. The predicted molar refractivity (Wildman–Crippen MR) is 137 cm³/mol. The fourth-order valence-corrected chi connectivity index (χ4v) is 8.61. The number of halogens is 1. The molecule has 10 heteroatoms. The second-order valence-corrected chi connectivity index (χ2v) is 13.4. The van der Waals surface area contributed by atoms with E-state index in [0.29, 0.717) is 29.3 Å². The van der Waals surface area contributed by atoms with E-state index in [1.807, 2.05) is 12.3 Å². The van der Waals surface area contributed by atoms with Gasteiger partial charge in [0.25, 0.3) is 0 Å². The number of esters is 1. The van der Waals surface area contributed by atoms with E-state index in [0.717, 1.165) is 50.9 Å². The van der Waals surface area contributed by atoms with Crippen LogP contribution in [0.3, 0.4) is 0 Å². The molecular formula is C26H35FN2O5S2. The van der Waals surface area contributed by atoms with Gasteiger partial charge in [-0.2, -0.15) is 8.70 Å². The summed E-state index contributed by atoms with van der Waals surface area (Å²) in [6.07, 6.45) is 11.5. The molecule has 0 amide bonds. The number of fused-ring (bicyclic) bond motifs is 1. The van der Waals surface area contributed by atoms with Gasteiger partial charge in [-0.3, -0.25) is 0 Å². The van der Waals surface area contributed by atoms with E-state index in [4.69, 9.17) is 4.74 Å². The zero-order valence-corrected chi connectivity index (χ0v) is 22.8. The van der Waals surface area contributed by atoms with Crippen molar-refractivity contribution in [3.63, 3.8) is 0 Å². The fourth-order valence-electron chi connectivity index (χ4n) is 6.47. The third-order valence-electron chi connectivity index (χ3n) is 8.56. The Hall–Kier alpha value is -1.78. The minimum atomic E-state index is -3.83. The number of carbonyl (C=O) groups is 1. The van der Waals surface area contributed by atoms with Crippen LogP contribution in [0, 0.1) is 11.8 Å². The van der Waals surface area contributed by atoms with E-state index in [2.05, 4.69) is 9.64 Å². The van der Waals surface area contributed by atoms with E-state index in [9.17, 15) is 17.6 Å². The maximum absolute atomic E-state index is 14.2. The molecule has 1 aromatic rings. The third-order valence-corrected chi connectivity index (χ3v) is 11.2. The Kier molecular flexibility index (Phi) is 7.06. The molecule has 4 saturated carbocycles. The van der Waals surface area contributed by atoms with E-state index in [-0.39, 0.29) is 28.8 Å². The Labute approximate surface area is 217 Å². The summed E-state index contributed by atoms with van der Waals surface area (Å²) < 4.78 is 54.0. The lowest BCUT2D eigenvalue weighted by atomic mass is 9.49. The van der Waals surface area contributed by atoms with Gasteiger partial charge in [0.05, 0.1) is 17.2 Å². The average molecular weight is 539 g/mol. The maximum Gasteiger partial charge on any atom is 0.370 e. The third kappa shape index (κ3) is 4.32. The first-order chi connectivity index (χ1) is 17.2. The molecule has 0 saturated heterocycles. The van der Waals surface area contributed by atoms with Crippen LogP contribution in [0.1, 0.15) is 58.3 Å². The summed E-state index contributed by atoms with van der Waals surface area (Å²) in [6.45, 7) is 2.32. The number of thioether (sulfide) groups is 1. The molecule has 0 spiro atoms. The molecule has 5 aliphatic rings. The number of rotatable bonds is 7. The molecule has 0 N–H and O–H groups in total. The quantitative estimate of drug-likeness (QED) is 0.207. The van der Waals surface area contributed by atoms with Crippen LogP contribution >= 0.6 is 11.8 Å². The number of benzene rings is 1. The van der Waals surface area contributed by atoms with Crippen molar-refractivity contribution in [3.05, 3.63) is 24.2 Å². The largest absolute Gasteiger partial charge is 0.461 e. The second kappa shape index (κ2) is 9.83. The first kappa shape index (κ1) is 25.9. The Morgan fingerprint density at radius 3 is 2.50 bits per heavy atom. The monoisotopic (exact) mass is 538 g/mol. The molecule has 198 valence electrons. The van der Waals surface area contributed by atoms with Crippen molar-refractivity contribution in [2.24, 2.45) is 11.8 Å². The Balaban J connectivity index is 1.57. The van der Waals surface area contributed by atoms with Crippen molar-refractivity contribution in [1.29, 1.82) is 0 Å². The molecule has 1 aromatic carbocycles. The summed E-state index contributed by atoms with van der Waals surface area (Å²) in [4.78, 5) is 14.9. The predicted octanol–water partition coefficient (Wildman–Crippen LogP) is 5.10. The molecule has 4 fully saturated rings. The van der Waals surface area contributed by atoms with Gasteiger partial charge in [-0.1, -0.05) is 19.3 Å². The van der Waals surface area contributed by atoms with E-state index in [1.54, 1.807) is 18.3 Å². The fraction of sp³-hybridized carbons (Fsp3) is 0.654. The highest BCUT2D eigenvalue weighted by atomic mass is 32.2. The standard InChI is InChI=1S/C26H35FN2O5S2/c1-4-33-25(30)19(27)16-34-22-11-24-20(10-23(22)35-3)29(26-12-17(13-26)14-26)15-21(28(2)36(24,31)32)18-8-6-5-7-9-18/h10-11,16-18,21H,4-9,12-15H2,1-3H3/b19-16-/t17?,21-,26?/m0/s1. The SMILES string of the molecule is CCOC(=O)/C(F)=C/Oc1cc2c(cc1SC)N(C13CC(C1)C3)C[C@@H](C1CCCCC1)N(C)S2(=O)=O. The molecule has 0 aromatic heterocycles. The number of hydrogen-bond acceptors (Lipinski definition) is 7. The molecule has 36 heavy (non-hydrogen) atoms. The number of ether oxygens (including phenoxy) is 2. The van der Waals surface area contributed by atoms with Crippen LogP contribution in [0.4, 0.5) is 10.1 Å². The lowest BCUT2D eigenvalue weighted by Gasteiger charge is -2.67. The molecule has 0 radical (unpaired) electrons. The molecular weight excluding hydrogens is 503 g/mol. The van der Waals surface area contributed by atoms with Crippen molar-refractivity contribution in [1.82, 2.24) is 4.31 Å². The van der Waals surface area contributed by atoms with Crippen molar-refractivity contribution in [2.45, 2.75) is 79.7 Å². The molecule has 4 aliphatic carbocycles. The highest BCUT2D eigenvalue weighted by molar-refractivity contribution is 7.98. The normalized spacial score (nSPS) is 30.0. The average Bonchev–Trinajstić information content (AvgIpc) is 2.89. The van der Waals surface area contributed by atoms with Crippen LogP contribution in [0.5, 0.6) is 5.75 Å². The molecule has 1 aliphatic heterocycles. The number of nitrogens with zero attached hydrogens (tertiary/aromatic N) is 2. The second-order valence-electron chi connectivity index (χ2n) is 10.6. The van der Waals surface area contributed by atoms with Crippen molar-refractivity contribution in [3.8, 4) is 5.75 Å². The minimum absolute atomic E-state index is 0.0288. The smallest absolute Gasteiger partial charge is 0.370 e.